The number of carbonyl (C=O) groups is 2. The Hall–Kier alpha value is -2.44. The SMILES string of the molecule is CC(=O)NCc1ccc(NC(C)=O)cc1[N+](=O)[O-]. The zero-order chi connectivity index (χ0) is 13.7. The Morgan fingerprint density at radius 2 is 1.94 bits per heavy atom. The molecule has 0 aromatic heterocycles. The van der Waals surface area contributed by atoms with E-state index in [9.17, 15) is 19.7 Å². The average Bonchev–Trinajstić information content (AvgIpc) is 2.26. The highest BCUT2D eigenvalue weighted by Crippen LogP contribution is 2.23. The number of rotatable bonds is 4. The smallest absolute Gasteiger partial charge is 0.276 e. The van der Waals surface area contributed by atoms with E-state index in [1.165, 1.54) is 26.0 Å². The van der Waals surface area contributed by atoms with E-state index in [1.807, 2.05) is 0 Å². The molecule has 1 rings (SSSR count). The summed E-state index contributed by atoms with van der Waals surface area (Å²) >= 11 is 0. The molecule has 0 aliphatic heterocycles. The highest BCUT2D eigenvalue weighted by Gasteiger charge is 2.15. The second kappa shape index (κ2) is 5.76. The van der Waals surface area contributed by atoms with Crippen molar-refractivity contribution in [3.63, 3.8) is 0 Å². The fourth-order valence-electron chi connectivity index (χ4n) is 1.38. The average molecular weight is 251 g/mol. The maximum atomic E-state index is 10.9. The summed E-state index contributed by atoms with van der Waals surface area (Å²) in [5.41, 5.74) is 0.583. The molecule has 0 atom stereocenters. The van der Waals surface area contributed by atoms with Crippen molar-refractivity contribution < 1.29 is 14.5 Å². The predicted octanol–water partition coefficient (Wildman–Crippen LogP) is 1.19. The van der Waals surface area contributed by atoms with Crippen LogP contribution in [0.1, 0.15) is 19.4 Å². The fraction of sp³-hybridized carbons (Fsp3) is 0.273. The Morgan fingerprint density at radius 3 is 2.44 bits per heavy atom. The first kappa shape index (κ1) is 13.6. The molecule has 0 aliphatic rings. The van der Waals surface area contributed by atoms with Gasteiger partial charge in [0.1, 0.15) is 0 Å². The van der Waals surface area contributed by atoms with Gasteiger partial charge in [-0.25, -0.2) is 0 Å². The third-order valence-corrected chi connectivity index (χ3v) is 2.13. The molecule has 0 saturated heterocycles. The molecule has 0 spiro atoms. The van der Waals surface area contributed by atoms with Crippen LogP contribution in [0.2, 0.25) is 0 Å². The molecule has 0 radical (unpaired) electrons. The standard InChI is InChI=1S/C11H13N3O4/c1-7(15)12-6-9-3-4-10(13-8(2)16)5-11(9)14(17)18/h3-5H,6H2,1-2H3,(H,12,15)(H,13,16). The molecule has 0 fully saturated rings. The van der Waals surface area contributed by atoms with Crippen molar-refractivity contribution >= 4 is 23.2 Å². The number of nitro groups is 1. The van der Waals surface area contributed by atoms with Gasteiger partial charge in [-0.1, -0.05) is 0 Å². The first-order chi connectivity index (χ1) is 8.40. The van der Waals surface area contributed by atoms with E-state index in [0.717, 1.165) is 0 Å². The minimum absolute atomic E-state index is 0.0754. The lowest BCUT2D eigenvalue weighted by Crippen LogP contribution is -2.19. The quantitative estimate of drug-likeness (QED) is 0.619. The molecule has 0 heterocycles. The van der Waals surface area contributed by atoms with Crippen molar-refractivity contribution in [1.29, 1.82) is 0 Å². The first-order valence-corrected chi connectivity index (χ1v) is 5.19. The second-order valence-corrected chi connectivity index (χ2v) is 3.69. The van der Waals surface area contributed by atoms with Crippen molar-refractivity contribution in [2.24, 2.45) is 0 Å². The summed E-state index contributed by atoms with van der Waals surface area (Å²) in [6.45, 7) is 2.72. The van der Waals surface area contributed by atoms with Crippen LogP contribution in [0.3, 0.4) is 0 Å². The van der Waals surface area contributed by atoms with Crippen LogP contribution in [0.5, 0.6) is 0 Å². The van der Waals surface area contributed by atoms with E-state index in [-0.39, 0.29) is 24.0 Å². The minimum atomic E-state index is -0.553. The van der Waals surface area contributed by atoms with Crippen LogP contribution in [-0.2, 0) is 16.1 Å². The maximum Gasteiger partial charge on any atom is 0.276 e. The topological polar surface area (TPSA) is 101 Å². The molecule has 0 bridgehead atoms. The number of nitro benzene ring substituents is 1. The van der Waals surface area contributed by atoms with Crippen LogP contribution < -0.4 is 10.6 Å². The zero-order valence-corrected chi connectivity index (χ0v) is 10.0. The van der Waals surface area contributed by atoms with Gasteiger partial charge in [-0.05, 0) is 12.1 Å². The molecular weight excluding hydrogens is 238 g/mol. The van der Waals surface area contributed by atoms with Gasteiger partial charge in [0.2, 0.25) is 11.8 Å². The molecule has 7 nitrogen and oxygen atoms in total. The van der Waals surface area contributed by atoms with Gasteiger partial charge in [0, 0.05) is 37.7 Å². The summed E-state index contributed by atoms with van der Waals surface area (Å²) in [5, 5.41) is 15.8. The van der Waals surface area contributed by atoms with Gasteiger partial charge in [-0.3, -0.25) is 19.7 Å². The van der Waals surface area contributed by atoms with E-state index in [0.29, 0.717) is 11.3 Å². The Labute approximate surface area is 103 Å². The van der Waals surface area contributed by atoms with Gasteiger partial charge in [0.15, 0.2) is 0 Å². The molecule has 7 heteroatoms. The molecule has 0 aliphatic carbocycles. The van der Waals surface area contributed by atoms with Crippen LogP contribution in [0.15, 0.2) is 18.2 Å². The number of hydrogen-bond donors (Lipinski definition) is 2. The molecule has 96 valence electrons. The van der Waals surface area contributed by atoms with E-state index < -0.39 is 4.92 Å². The summed E-state index contributed by atoms with van der Waals surface area (Å²) in [6.07, 6.45) is 0. The van der Waals surface area contributed by atoms with Gasteiger partial charge >= 0.3 is 0 Å². The van der Waals surface area contributed by atoms with Crippen LogP contribution in [-0.4, -0.2) is 16.7 Å². The van der Waals surface area contributed by atoms with E-state index in [2.05, 4.69) is 10.6 Å². The molecular formula is C11H13N3O4. The summed E-state index contributed by atoms with van der Waals surface area (Å²) in [7, 11) is 0. The van der Waals surface area contributed by atoms with Crippen LogP contribution in [0.25, 0.3) is 0 Å². The maximum absolute atomic E-state index is 10.9. The lowest BCUT2D eigenvalue weighted by atomic mass is 10.1. The van der Waals surface area contributed by atoms with Crippen molar-refractivity contribution in [3.8, 4) is 0 Å². The number of amides is 2. The summed E-state index contributed by atoms with van der Waals surface area (Å²) < 4.78 is 0. The largest absolute Gasteiger partial charge is 0.352 e. The number of benzene rings is 1. The molecule has 1 aromatic carbocycles. The van der Waals surface area contributed by atoms with Gasteiger partial charge in [0.25, 0.3) is 5.69 Å². The van der Waals surface area contributed by atoms with E-state index >= 15 is 0 Å². The minimum Gasteiger partial charge on any atom is -0.352 e. The monoisotopic (exact) mass is 251 g/mol. The number of anilines is 1. The van der Waals surface area contributed by atoms with Crippen molar-refractivity contribution in [3.05, 3.63) is 33.9 Å². The lowest BCUT2D eigenvalue weighted by Gasteiger charge is -2.06. The second-order valence-electron chi connectivity index (χ2n) is 3.69. The molecule has 2 amide bonds. The number of nitrogens with zero attached hydrogens (tertiary/aromatic N) is 1. The lowest BCUT2D eigenvalue weighted by molar-refractivity contribution is -0.385. The third-order valence-electron chi connectivity index (χ3n) is 2.13. The number of hydrogen-bond acceptors (Lipinski definition) is 4. The van der Waals surface area contributed by atoms with Crippen molar-refractivity contribution in [1.82, 2.24) is 5.32 Å². The van der Waals surface area contributed by atoms with Crippen LogP contribution in [0.4, 0.5) is 11.4 Å². The molecule has 1 aromatic rings. The van der Waals surface area contributed by atoms with Gasteiger partial charge in [-0.15, -0.1) is 0 Å². The fourth-order valence-corrected chi connectivity index (χ4v) is 1.38. The first-order valence-electron chi connectivity index (χ1n) is 5.19. The van der Waals surface area contributed by atoms with Crippen molar-refractivity contribution in [2.45, 2.75) is 20.4 Å². The third kappa shape index (κ3) is 3.85. The molecule has 2 N–H and O–H groups in total. The number of carbonyl (C=O) groups excluding carboxylic acids is 2. The molecule has 0 unspecified atom stereocenters. The highest BCUT2D eigenvalue weighted by molar-refractivity contribution is 5.89. The van der Waals surface area contributed by atoms with E-state index in [4.69, 9.17) is 0 Å². The summed E-state index contributed by atoms with van der Waals surface area (Å²) in [6, 6.07) is 4.31. The van der Waals surface area contributed by atoms with Crippen LogP contribution in [0, 0.1) is 10.1 Å². The molecule has 18 heavy (non-hydrogen) atoms. The molecule has 0 saturated carbocycles. The zero-order valence-electron chi connectivity index (χ0n) is 10.0. The summed E-state index contributed by atoms with van der Waals surface area (Å²) in [4.78, 5) is 32.0. The van der Waals surface area contributed by atoms with Crippen LogP contribution >= 0.6 is 0 Å². The van der Waals surface area contributed by atoms with Crippen molar-refractivity contribution in [2.75, 3.05) is 5.32 Å². The Morgan fingerprint density at radius 1 is 1.28 bits per heavy atom. The van der Waals surface area contributed by atoms with Gasteiger partial charge in [-0.2, -0.15) is 0 Å². The normalized spacial score (nSPS) is 9.67. The predicted molar refractivity (Wildman–Crippen MR) is 64.9 cm³/mol. The van der Waals surface area contributed by atoms with E-state index in [1.54, 1.807) is 6.07 Å². The Kier molecular flexibility index (Phi) is 4.36. The van der Waals surface area contributed by atoms with Gasteiger partial charge < -0.3 is 10.6 Å². The summed E-state index contributed by atoms with van der Waals surface area (Å²) in [5.74, 6) is -0.575. The Bertz CT molecular complexity index is 499. The Balaban J connectivity index is 3.00. The number of nitrogens with one attached hydrogen (secondary N) is 2. The highest BCUT2D eigenvalue weighted by atomic mass is 16.6. The van der Waals surface area contributed by atoms with Gasteiger partial charge in [0.05, 0.1) is 4.92 Å².